The van der Waals surface area contributed by atoms with Gasteiger partial charge in [0.25, 0.3) is 0 Å². The SMILES string of the molecule is CCC(C)(C)C(=O)c1ccnn1-c1ccccc1. The first-order valence-corrected chi connectivity index (χ1v) is 6.20. The summed E-state index contributed by atoms with van der Waals surface area (Å²) in [5.74, 6) is 0.131. The van der Waals surface area contributed by atoms with E-state index in [1.54, 1.807) is 16.9 Å². The Labute approximate surface area is 107 Å². The summed E-state index contributed by atoms with van der Waals surface area (Å²) in [6.07, 6.45) is 2.48. The largest absolute Gasteiger partial charge is 0.292 e. The van der Waals surface area contributed by atoms with E-state index < -0.39 is 0 Å². The van der Waals surface area contributed by atoms with E-state index in [1.165, 1.54) is 0 Å². The van der Waals surface area contributed by atoms with Gasteiger partial charge in [-0.15, -0.1) is 0 Å². The Hall–Kier alpha value is -1.90. The molecule has 3 heteroatoms. The quantitative estimate of drug-likeness (QED) is 0.769. The number of benzene rings is 1. The van der Waals surface area contributed by atoms with Crippen LogP contribution in [0.15, 0.2) is 42.6 Å². The van der Waals surface area contributed by atoms with Crippen LogP contribution in [-0.4, -0.2) is 15.6 Å². The number of para-hydroxylation sites is 1. The van der Waals surface area contributed by atoms with Crippen LogP contribution in [0.4, 0.5) is 0 Å². The summed E-state index contributed by atoms with van der Waals surface area (Å²) in [6, 6.07) is 11.5. The van der Waals surface area contributed by atoms with E-state index in [4.69, 9.17) is 0 Å². The Morgan fingerprint density at radius 2 is 1.89 bits per heavy atom. The minimum atomic E-state index is -0.355. The molecule has 0 radical (unpaired) electrons. The van der Waals surface area contributed by atoms with E-state index >= 15 is 0 Å². The van der Waals surface area contributed by atoms with Crippen LogP contribution >= 0.6 is 0 Å². The number of aromatic nitrogens is 2. The second kappa shape index (κ2) is 4.77. The van der Waals surface area contributed by atoms with Gasteiger partial charge in [0.15, 0.2) is 5.78 Å². The van der Waals surface area contributed by atoms with Crippen molar-refractivity contribution in [3.63, 3.8) is 0 Å². The minimum Gasteiger partial charge on any atom is -0.292 e. The third-order valence-electron chi connectivity index (χ3n) is 3.37. The predicted octanol–water partition coefficient (Wildman–Crippen LogP) is 3.49. The number of carbonyl (C=O) groups excluding carboxylic acids is 1. The normalized spacial score (nSPS) is 11.5. The average Bonchev–Trinajstić information content (AvgIpc) is 2.87. The van der Waals surface area contributed by atoms with Crippen molar-refractivity contribution in [2.24, 2.45) is 5.41 Å². The molecule has 0 saturated heterocycles. The van der Waals surface area contributed by atoms with E-state index in [1.807, 2.05) is 51.1 Å². The maximum Gasteiger partial charge on any atom is 0.186 e. The fraction of sp³-hybridized carbons (Fsp3) is 0.333. The lowest BCUT2D eigenvalue weighted by molar-refractivity contribution is 0.0824. The molecule has 2 rings (SSSR count). The van der Waals surface area contributed by atoms with Gasteiger partial charge in [-0.2, -0.15) is 5.10 Å². The molecule has 0 unspecified atom stereocenters. The first-order valence-electron chi connectivity index (χ1n) is 6.20. The van der Waals surface area contributed by atoms with Crippen LogP contribution in [0.2, 0.25) is 0 Å². The lowest BCUT2D eigenvalue weighted by atomic mass is 9.84. The van der Waals surface area contributed by atoms with E-state index in [2.05, 4.69) is 5.10 Å². The maximum atomic E-state index is 12.5. The summed E-state index contributed by atoms with van der Waals surface area (Å²) in [4.78, 5) is 12.5. The van der Waals surface area contributed by atoms with E-state index in [9.17, 15) is 4.79 Å². The molecular weight excluding hydrogens is 224 g/mol. The number of nitrogens with zero attached hydrogens (tertiary/aromatic N) is 2. The lowest BCUT2D eigenvalue weighted by Gasteiger charge is -2.21. The maximum absolute atomic E-state index is 12.5. The van der Waals surface area contributed by atoms with Gasteiger partial charge in [0.05, 0.1) is 11.9 Å². The van der Waals surface area contributed by atoms with E-state index in [0.29, 0.717) is 5.69 Å². The summed E-state index contributed by atoms with van der Waals surface area (Å²) in [5.41, 5.74) is 1.21. The Morgan fingerprint density at radius 3 is 2.50 bits per heavy atom. The summed E-state index contributed by atoms with van der Waals surface area (Å²) >= 11 is 0. The van der Waals surface area contributed by atoms with Crippen molar-refractivity contribution in [3.05, 3.63) is 48.3 Å². The molecule has 1 aromatic heterocycles. The van der Waals surface area contributed by atoms with Crippen molar-refractivity contribution in [2.75, 3.05) is 0 Å². The minimum absolute atomic E-state index is 0.131. The van der Waals surface area contributed by atoms with Crippen molar-refractivity contribution in [1.29, 1.82) is 0 Å². The molecule has 0 aliphatic carbocycles. The molecule has 1 aromatic carbocycles. The number of hydrogen-bond acceptors (Lipinski definition) is 2. The topological polar surface area (TPSA) is 34.9 Å². The fourth-order valence-electron chi connectivity index (χ4n) is 1.76. The van der Waals surface area contributed by atoms with Gasteiger partial charge in [0.1, 0.15) is 5.69 Å². The van der Waals surface area contributed by atoms with Crippen LogP contribution in [0.3, 0.4) is 0 Å². The van der Waals surface area contributed by atoms with Crippen LogP contribution in [0.5, 0.6) is 0 Å². The van der Waals surface area contributed by atoms with Gasteiger partial charge < -0.3 is 0 Å². The van der Waals surface area contributed by atoms with Crippen LogP contribution < -0.4 is 0 Å². The standard InChI is InChI=1S/C15H18N2O/c1-4-15(2,3)14(18)13-10-11-16-17(13)12-8-6-5-7-9-12/h5-11H,4H2,1-3H3. The molecule has 0 atom stereocenters. The summed E-state index contributed by atoms with van der Waals surface area (Å²) in [6.45, 7) is 5.97. The third-order valence-corrected chi connectivity index (χ3v) is 3.37. The van der Waals surface area contributed by atoms with E-state index in [0.717, 1.165) is 12.1 Å². The van der Waals surface area contributed by atoms with Gasteiger partial charge in [-0.25, -0.2) is 4.68 Å². The van der Waals surface area contributed by atoms with Crippen molar-refractivity contribution >= 4 is 5.78 Å². The van der Waals surface area contributed by atoms with Crippen LogP contribution in [0.25, 0.3) is 5.69 Å². The highest BCUT2D eigenvalue weighted by atomic mass is 16.1. The zero-order chi connectivity index (χ0) is 13.2. The Bertz CT molecular complexity index is 541. The van der Waals surface area contributed by atoms with Crippen molar-refractivity contribution in [2.45, 2.75) is 27.2 Å². The highest BCUT2D eigenvalue weighted by Crippen LogP contribution is 2.26. The smallest absolute Gasteiger partial charge is 0.186 e. The molecule has 2 aromatic rings. The second-order valence-corrected chi connectivity index (χ2v) is 5.03. The van der Waals surface area contributed by atoms with Gasteiger partial charge >= 0.3 is 0 Å². The summed E-state index contributed by atoms with van der Waals surface area (Å²) in [7, 11) is 0. The van der Waals surface area contributed by atoms with Gasteiger partial charge in [0, 0.05) is 5.41 Å². The third kappa shape index (κ3) is 2.21. The Balaban J connectivity index is 2.44. The molecule has 94 valence electrons. The fourth-order valence-corrected chi connectivity index (χ4v) is 1.76. The molecule has 0 bridgehead atoms. The van der Waals surface area contributed by atoms with Crippen molar-refractivity contribution < 1.29 is 4.79 Å². The highest BCUT2D eigenvalue weighted by Gasteiger charge is 2.29. The molecule has 0 N–H and O–H groups in total. The monoisotopic (exact) mass is 242 g/mol. The van der Waals surface area contributed by atoms with Crippen LogP contribution in [-0.2, 0) is 0 Å². The summed E-state index contributed by atoms with van der Waals surface area (Å²) < 4.78 is 1.71. The Kier molecular flexibility index (Phi) is 3.32. The number of Topliss-reactive ketones (excluding diaryl/α,β-unsaturated/α-hetero) is 1. The van der Waals surface area contributed by atoms with Crippen molar-refractivity contribution in [1.82, 2.24) is 9.78 Å². The predicted molar refractivity (Wildman–Crippen MR) is 72.0 cm³/mol. The molecule has 0 spiro atoms. The molecular formula is C15H18N2O. The lowest BCUT2D eigenvalue weighted by Crippen LogP contribution is -2.25. The number of rotatable bonds is 4. The molecule has 0 amide bonds. The molecule has 0 aliphatic heterocycles. The molecule has 0 aliphatic rings. The first kappa shape index (κ1) is 12.6. The van der Waals surface area contributed by atoms with E-state index in [-0.39, 0.29) is 11.2 Å². The van der Waals surface area contributed by atoms with Gasteiger partial charge in [-0.3, -0.25) is 4.79 Å². The average molecular weight is 242 g/mol. The molecule has 0 saturated carbocycles. The van der Waals surface area contributed by atoms with Gasteiger partial charge in [0.2, 0.25) is 0 Å². The Morgan fingerprint density at radius 1 is 1.22 bits per heavy atom. The number of carbonyl (C=O) groups is 1. The number of hydrogen-bond donors (Lipinski definition) is 0. The number of ketones is 1. The van der Waals surface area contributed by atoms with Crippen LogP contribution in [0.1, 0.15) is 37.7 Å². The summed E-state index contributed by atoms with van der Waals surface area (Å²) in [5, 5.41) is 4.25. The molecule has 18 heavy (non-hydrogen) atoms. The van der Waals surface area contributed by atoms with Gasteiger partial charge in [-0.05, 0) is 24.6 Å². The zero-order valence-corrected chi connectivity index (χ0v) is 11.1. The molecule has 3 nitrogen and oxygen atoms in total. The molecule has 0 fully saturated rings. The molecule has 1 heterocycles. The second-order valence-electron chi connectivity index (χ2n) is 5.03. The first-order chi connectivity index (χ1) is 8.56. The van der Waals surface area contributed by atoms with Gasteiger partial charge in [-0.1, -0.05) is 39.0 Å². The van der Waals surface area contributed by atoms with Crippen LogP contribution in [0, 0.1) is 5.41 Å². The van der Waals surface area contributed by atoms with Crippen molar-refractivity contribution in [3.8, 4) is 5.69 Å². The highest BCUT2D eigenvalue weighted by molar-refractivity contribution is 5.99. The zero-order valence-electron chi connectivity index (χ0n) is 11.1.